The Balaban J connectivity index is 2.25. The van der Waals surface area contributed by atoms with E-state index in [1.165, 1.54) is 18.5 Å². The van der Waals surface area contributed by atoms with Crippen LogP contribution in [0.15, 0.2) is 36.8 Å². The first-order chi connectivity index (χ1) is 9.11. The van der Waals surface area contributed by atoms with Gasteiger partial charge >= 0.3 is 6.61 Å². The van der Waals surface area contributed by atoms with Crippen LogP contribution in [0.3, 0.4) is 0 Å². The maximum atomic E-state index is 12.0. The van der Waals surface area contributed by atoms with E-state index < -0.39 is 12.7 Å². The van der Waals surface area contributed by atoms with Crippen molar-refractivity contribution in [3.63, 3.8) is 0 Å². The van der Waals surface area contributed by atoms with Crippen molar-refractivity contribution < 1.29 is 18.6 Å². The first-order valence-electron chi connectivity index (χ1n) is 5.55. The van der Waals surface area contributed by atoms with Crippen LogP contribution in [0.25, 0.3) is 5.69 Å². The van der Waals surface area contributed by atoms with Gasteiger partial charge in [-0.2, -0.15) is 8.78 Å². The van der Waals surface area contributed by atoms with Crippen LogP contribution in [0.5, 0.6) is 5.75 Å². The fourth-order valence-corrected chi connectivity index (χ4v) is 1.68. The highest BCUT2D eigenvalue weighted by Crippen LogP contribution is 2.20. The highest BCUT2D eigenvalue weighted by molar-refractivity contribution is 5.39. The van der Waals surface area contributed by atoms with Crippen molar-refractivity contribution in [2.45, 2.75) is 12.7 Å². The van der Waals surface area contributed by atoms with Crippen molar-refractivity contribution in [3.8, 4) is 11.4 Å². The quantitative estimate of drug-likeness (QED) is 0.862. The molecule has 0 aliphatic heterocycles. The van der Waals surface area contributed by atoms with Gasteiger partial charge in [0.1, 0.15) is 5.75 Å². The Morgan fingerprint density at radius 3 is 2.58 bits per heavy atom. The van der Waals surface area contributed by atoms with Crippen LogP contribution in [-0.2, 0) is 0 Å². The molecule has 7 heteroatoms. The van der Waals surface area contributed by atoms with Crippen molar-refractivity contribution in [2.75, 3.05) is 6.61 Å². The van der Waals surface area contributed by atoms with Gasteiger partial charge in [-0.15, -0.1) is 0 Å². The average Bonchev–Trinajstić information content (AvgIpc) is 2.87. The average molecular weight is 269 g/mol. The van der Waals surface area contributed by atoms with Crippen LogP contribution in [0.4, 0.5) is 8.78 Å². The van der Waals surface area contributed by atoms with Crippen LogP contribution < -0.4 is 10.5 Å². The Morgan fingerprint density at radius 1 is 1.32 bits per heavy atom. The van der Waals surface area contributed by atoms with E-state index in [9.17, 15) is 8.78 Å². The second-order valence-electron chi connectivity index (χ2n) is 3.85. The number of aromatic nitrogens is 2. The predicted octanol–water partition coefficient (Wildman–Crippen LogP) is 1.47. The van der Waals surface area contributed by atoms with Crippen LogP contribution in [0.2, 0.25) is 0 Å². The molecule has 0 saturated carbocycles. The maximum absolute atomic E-state index is 12.0. The number of nitrogens with two attached hydrogens (primary N) is 1. The van der Waals surface area contributed by atoms with Crippen molar-refractivity contribution in [2.24, 2.45) is 5.73 Å². The summed E-state index contributed by atoms with van der Waals surface area (Å²) in [5.41, 5.74) is 7.06. The van der Waals surface area contributed by atoms with E-state index >= 15 is 0 Å². The lowest BCUT2D eigenvalue weighted by molar-refractivity contribution is -0.0498. The van der Waals surface area contributed by atoms with Crippen molar-refractivity contribution in [1.82, 2.24) is 9.55 Å². The topological polar surface area (TPSA) is 73.3 Å². The number of rotatable bonds is 5. The molecule has 0 amide bonds. The third kappa shape index (κ3) is 3.07. The summed E-state index contributed by atoms with van der Waals surface area (Å²) in [6.07, 6.45) is 3.08. The smallest absolute Gasteiger partial charge is 0.387 e. The lowest BCUT2D eigenvalue weighted by Gasteiger charge is -2.13. The zero-order valence-corrected chi connectivity index (χ0v) is 9.91. The SMILES string of the molecule is NC(CO)c1cncn1-c1ccc(OC(F)F)cc1. The van der Waals surface area contributed by atoms with Gasteiger partial charge < -0.3 is 20.1 Å². The fraction of sp³-hybridized carbons (Fsp3) is 0.250. The van der Waals surface area contributed by atoms with Gasteiger partial charge in [0.05, 0.1) is 30.9 Å². The molecule has 1 aromatic heterocycles. The molecular weight excluding hydrogens is 256 g/mol. The van der Waals surface area contributed by atoms with E-state index in [0.717, 1.165) is 0 Å². The number of nitrogens with zero attached hydrogens (tertiary/aromatic N) is 2. The molecule has 19 heavy (non-hydrogen) atoms. The number of hydrogen-bond donors (Lipinski definition) is 2. The van der Waals surface area contributed by atoms with Gasteiger partial charge in [-0.3, -0.25) is 0 Å². The number of ether oxygens (including phenoxy) is 1. The molecule has 2 aromatic rings. The Kier molecular flexibility index (Phi) is 4.08. The summed E-state index contributed by atoms with van der Waals surface area (Å²) in [5, 5.41) is 9.05. The normalized spacial score (nSPS) is 12.7. The number of aliphatic hydroxyl groups excluding tert-OH is 1. The van der Waals surface area contributed by atoms with Gasteiger partial charge in [-0.1, -0.05) is 0 Å². The molecule has 0 bridgehead atoms. The summed E-state index contributed by atoms with van der Waals surface area (Å²) in [4.78, 5) is 3.96. The number of hydrogen-bond acceptors (Lipinski definition) is 4. The molecule has 2 rings (SSSR count). The highest BCUT2D eigenvalue weighted by Gasteiger charge is 2.12. The van der Waals surface area contributed by atoms with Crippen LogP contribution in [-0.4, -0.2) is 27.9 Å². The second-order valence-corrected chi connectivity index (χ2v) is 3.85. The Labute approximate surface area is 108 Å². The van der Waals surface area contributed by atoms with Gasteiger partial charge in [0.25, 0.3) is 0 Å². The highest BCUT2D eigenvalue weighted by atomic mass is 19.3. The van der Waals surface area contributed by atoms with Gasteiger partial charge in [-0.25, -0.2) is 4.98 Å². The second kappa shape index (κ2) is 5.77. The minimum atomic E-state index is -2.85. The summed E-state index contributed by atoms with van der Waals surface area (Å²) in [7, 11) is 0. The molecule has 1 heterocycles. The fourth-order valence-electron chi connectivity index (χ4n) is 1.68. The molecule has 1 aromatic carbocycles. The number of halogens is 2. The monoisotopic (exact) mass is 269 g/mol. The predicted molar refractivity (Wildman–Crippen MR) is 64.2 cm³/mol. The maximum Gasteiger partial charge on any atom is 0.387 e. The molecule has 5 nitrogen and oxygen atoms in total. The van der Waals surface area contributed by atoms with Crippen molar-refractivity contribution in [3.05, 3.63) is 42.5 Å². The van der Waals surface area contributed by atoms with Gasteiger partial charge in [0.2, 0.25) is 0 Å². The molecule has 0 aliphatic carbocycles. The largest absolute Gasteiger partial charge is 0.435 e. The molecule has 3 N–H and O–H groups in total. The molecule has 102 valence electrons. The first-order valence-corrected chi connectivity index (χ1v) is 5.55. The lowest BCUT2D eigenvalue weighted by atomic mass is 10.2. The van der Waals surface area contributed by atoms with Gasteiger partial charge in [0.15, 0.2) is 0 Å². The van der Waals surface area contributed by atoms with Crippen molar-refractivity contribution >= 4 is 0 Å². The summed E-state index contributed by atoms with van der Waals surface area (Å²) < 4.78 is 30.0. The Hall–Kier alpha value is -1.99. The summed E-state index contributed by atoms with van der Waals surface area (Å²) in [6.45, 7) is -3.06. The lowest BCUT2D eigenvalue weighted by Crippen LogP contribution is -2.18. The standard InChI is InChI=1S/C12H13F2N3O2/c13-12(14)19-9-3-1-8(2-4-9)17-7-16-5-11(17)10(15)6-18/h1-5,7,10,12,18H,6,15H2. The van der Waals surface area contributed by atoms with E-state index in [1.54, 1.807) is 22.9 Å². The van der Waals surface area contributed by atoms with Gasteiger partial charge in [-0.05, 0) is 24.3 Å². The molecule has 0 radical (unpaired) electrons. The van der Waals surface area contributed by atoms with Crippen molar-refractivity contribution in [1.29, 1.82) is 0 Å². The third-order valence-corrected chi connectivity index (χ3v) is 2.58. The molecule has 1 unspecified atom stereocenters. The molecule has 0 spiro atoms. The number of imidazole rings is 1. The van der Waals surface area contributed by atoms with E-state index in [4.69, 9.17) is 10.8 Å². The van der Waals surface area contributed by atoms with Crippen LogP contribution in [0.1, 0.15) is 11.7 Å². The van der Waals surface area contributed by atoms with Gasteiger partial charge in [0, 0.05) is 5.69 Å². The van der Waals surface area contributed by atoms with E-state index in [-0.39, 0.29) is 12.4 Å². The summed E-state index contributed by atoms with van der Waals surface area (Å²) in [5.74, 6) is 0.0758. The minimum absolute atomic E-state index is 0.0758. The van der Waals surface area contributed by atoms with Crippen LogP contribution in [0, 0.1) is 0 Å². The number of benzene rings is 1. The number of aliphatic hydroxyl groups is 1. The Morgan fingerprint density at radius 2 is 2.00 bits per heavy atom. The molecule has 1 atom stereocenters. The molecule has 0 fully saturated rings. The van der Waals surface area contributed by atoms with Crippen LogP contribution >= 0.6 is 0 Å². The van der Waals surface area contributed by atoms with E-state index in [1.807, 2.05) is 0 Å². The minimum Gasteiger partial charge on any atom is -0.435 e. The summed E-state index contributed by atoms with van der Waals surface area (Å²) in [6, 6.07) is 5.50. The molecule has 0 aliphatic rings. The molecule has 0 saturated heterocycles. The number of alkyl halides is 2. The summed E-state index contributed by atoms with van der Waals surface area (Å²) >= 11 is 0. The zero-order chi connectivity index (χ0) is 13.8. The van der Waals surface area contributed by atoms with E-state index in [0.29, 0.717) is 11.4 Å². The van der Waals surface area contributed by atoms with E-state index in [2.05, 4.69) is 9.72 Å². The Bertz CT molecular complexity index is 528. The third-order valence-electron chi connectivity index (χ3n) is 2.58. The molecular formula is C12H13F2N3O2. The first kappa shape index (κ1) is 13.4. The zero-order valence-electron chi connectivity index (χ0n) is 9.91.